The number of hydrogen-bond acceptors (Lipinski definition) is 4. The number of amides is 1. The molecule has 0 aromatic carbocycles. The summed E-state index contributed by atoms with van der Waals surface area (Å²) in [5.41, 5.74) is 0. The Morgan fingerprint density at radius 2 is 1.88 bits per heavy atom. The van der Waals surface area contributed by atoms with Crippen molar-refractivity contribution in [2.75, 3.05) is 33.9 Å². The molecule has 0 aliphatic heterocycles. The fourth-order valence-corrected chi connectivity index (χ4v) is 1.30. The Morgan fingerprint density at radius 3 is 2.31 bits per heavy atom. The molecule has 0 rings (SSSR count). The molecule has 0 atom stereocenters. The summed E-state index contributed by atoms with van der Waals surface area (Å²) in [5, 5.41) is 0. The van der Waals surface area contributed by atoms with E-state index in [-0.39, 0.29) is 24.9 Å². The fourth-order valence-electron chi connectivity index (χ4n) is 1.30. The van der Waals surface area contributed by atoms with E-state index in [1.54, 1.807) is 4.90 Å². The normalized spacial score (nSPS) is 10.3. The van der Waals surface area contributed by atoms with E-state index in [0.717, 1.165) is 0 Å². The summed E-state index contributed by atoms with van der Waals surface area (Å²) < 4.78 is 9.33. The number of hydrogen-bond donors (Lipinski definition) is 0. The third-order valence-electron chi connectivity index (χ3n) is 2.02. The lowest BCUT2D eigenvalue weighted by Gasteiger charge is -2.23. The molecule has 0 fully saturated rings. The monoisotopic (exact) mass is 231 g/mol. The Hall–Kier alpha value is -1.10. The minimum Gasteiger partial charge on any atom is -0.469 e. The van der Waals surface area contributed by atoms with Gasteiger partial charge in [0.2, 0.25) is 5.91 Å². The molecule has 0 saturated carbocycles. The van der Waals surface area contributed by atoms with E-state index in [1.165, 1.54) is 14.2 Å². The van der Waals surface area contributed by atoms with Gasteiger partial charge in [-0.25, -0.2) is 0 Å². The molecule has 0 spiro atoms. The van der Waals surface area contributed by atoms with Crippen molar-refractivity contribution in [3.63, 3.8) is 0 Å². The number of rotatable bonds is 7. The van der Waals surface area contributed by atoms with Gasteiger partial charge in [-0.05, 0) is 5.92 Å². The summed E-state index contributed by atoms with van der Waals surface area (Å²) in [6.45, 7) is 5.09. The molecule has 0 aliphatic rings. The summed E-state index contributed by atoms with van der Waals surface area (Å²) in [6.07, 6.45) is 0.221. The van der Waals surface area contributed by atoms with Gasteiger partial charge >= 0.3 is 5.97 Å². The molecule has 0 saturated heterocycles. The first-order valence-electron chi connectivity index (χ1n) is 5.34. The molecule has 0 aromatic heterocycles. The second-order valence-electron chi connectivity index (χ2n) is 3.99. The van der Waals surface area contributed by atoms with E-state index in [0.29, 0.717) is 19.0 Å². The molecule has 0 aliphatic carbocycles. The zero-order valence-electron chi connectivity index (χ0n) is 10.5. The minimum absolute atomic E-state index is 0.0495. The highest BCUT2D eigenvalue weighted by atomic mass is 16.5. The van der Waals surface area contributed by atoms with Crippen LogP contribution >= 0.6 is 0 Å². The molecule has 0 aromatic rings. The smallest absolute Gasteiger partial charge is 0.307 e. The van der Waals surface area contributed by atoms with Crippen LogP contribution in [0.5, 0.6) is 0 Å². The van der Waals surface area contributed by atoms with Crippen LogP contribution in [0.15, 0.2) is 0 Å². The lowest BCUT2D eigenvalue weighted by atomic mass is 10.2. The lowest BCUT2D eigenvalue weighted by Crippen LogP contribution is -2.38. The molecule has 5 nitrogen and oxygen atoms in total. The predicted molar refractivity (Wildman–Crippen MR) is 59.9 cm³/mol. The number of ether oxygens (including phenoxy) is 2. The van der Waals surface area contributed by atoms with Crippen LogP contribution in [-0.2, 0) is 19.1 Å². The van der Waals surface area contributed by atoms with Gasteiger partial charge in [-0.15, -0.1) is 0 Å². The second kappa shape index (κ2) is 8.10. The van der Waals surface area contributed by atoms with Gasteiger partial charge in [0.15, 0.2) is 0 Å². The molecule has 16 heavy (non-hydrogen) atoms. The van der Waals surface area contributed by atoms with E-state index < -0.39 is 0 Å². The zero-order valence-corrected chi connectivity index (χ0v) is 10.5. The lowest BCUT2D eigenvalue weighted by molar-refractivity contribution is -0.142. The van der Waals surface area contributed by atoms with Gasteiger partial charge in [0, 0.05) is 20.2 Å². The summed E-state index contributed by atoms with van der Waals surface area (Å²) in [7, 11) is 2.82. The van der Waals surface area contributed by atoms with E-state index in [4.69, 9.17) is 4.74 Å². The molecule has 0 bridgehead atoms. The Bertz CT molecular complexity index is 228. The van der Waals surface area contributed by atoms with E-state index in [9.17, 15) is 9.59 Å². The SMILES string of the molecule is COCC(=O)N(CCC(=O)OC)CC(C)C. The molecule has 0 unspecified atom stereocenters. The Morgan fingerprint density at radius 1 is 1.25 bits per heavy atom. The van der Waals surface area contributed by atoms with Gasteiger partial charge in [-0.3, -0.25) is 9.59 Å². The summed E-state index contributed by atoms with van der Waals surface area (Å²) >= 11 is 0. The average Bonchev–Trinajstić information content (AvgIpc) is 2.23. The highest BCUT2D eigenvalue weighted by molar-refractivity contribution is 5.78. The van der Waals surface area contributed by atoms with Crippen LogP contribution in [0.25, 0.3) is 0 Å². The molecular weight excluding hydrogens is 210 g/mol. The molecule has 0 radical (unpaired) electrons. The fraction of sp³-hybridized carbons (Fsp3) is 0.818. The maximum absolute atomic E-state index is 11.6. The number of nitrogens with zero attached hydrogens (tertiary/aromatic N) is 1. The van der Waals surface area contributed by atoms with Crippen LogP contribution in [0.3, 0.4) is 0 Å². The van der Waals surface area contributed by atoms with E-state index >= 15 is 0 Å². The Labute approximate surface area is 96.7 Å². The number of esters is 1. The first kappa shape index (κ1) is 14.9. The first-order valence-corrected chi connectivity index (χ1v) is 5.34. The predicted octanol–water partition coefficient (Wildman–Crippen LogP) is 0.681. The van der Waals surface area contributed by atoms with Crippen LogP contribution in [0.2, 0.25) is 0 Å². The van der Waals surface area contributed by atoms with Crippen molar-refractivity contribution in [3.8, 4) is 0 Å². The van der Waals surface area contributed by atoms with Crippen molar-refractivity contribution in [1.82, 2.24) is 4.90 Å². The van der Waals surface area contributed by atoms with Gasteiger partial charge in [0.1, 0.15) is 6.61 Å². The van der Waals surface area contributed by atoms with Crippen molar-refractivity contribution in [1.29, 1.82) is 0 Å². The Balaban J connectivity index is 4.19. The van der Waals surface area contributed by atoms with E-state index in [2.05, 4.69) is 4.74 Å². The Kier molecular flexibility index (Phi) is 7.54. The third kappa shape index (κ3) is 6.40. The van der Waals surface area contributed by atoms with Crippen molar-refractivity contribution >= 4 is 11.9 Å². The summed E-state index contributed by atoms with van der Waals surface area (Å²) in [4.78, 5) is 24.2. The standard InChI is InChI=1S/C11H21NO4/c1-9(2)7-12(10(13)8-15-3)6-5-11(14)16-4/h9H,5-8H2,1-4H3. The maximum atomic E-state index is 11.6. The molecule has 94 valence electrons. The molecule has 1 amide bonds. The quantitative estimate of drug-likeness (QED) is 0.605. The largest absolute Gasteiger partial charge is 0.469 e. The highest BCUT2D eigenvalue weighted by Gasteiger charge is 2.15. The molecule has 0 heterocycles. The van der Waals surface area contributed by atoms with Crippen molar-refractivity contribution in [2.24, 2.45) is 5.92 Å². The second-order valence-corrected chi connectivity index (χ2v) is 3.99. The topological polar surface area (TPSA) is 55.8 Å². The van der Waals surface area contributed by atoms with Crippen LogP contribution in [0, 0.1) is 5.92 Å². The van der Waals surface area contributed by atoms with Gasteiger partial charge in [-0.2, -0.15) is 0 Å². The average molecular weight is 231 g/mol. The molecule has 0 N–H and O–H groups in total. The summed E-state index contributed by atoms with van der Waals surface area (Å²) in [5.74, 6) is -0.0440. The van der Waals surface area contributed by atoms with Crippen LogP contribution in [0.4, 0.5) is 0 Å². The third-order valence-corrected chi connectivity index (χ3v) is 2.02. The van der Waals surface area contributed by atoms with Crippen LogP contribution < -0.4 is 0 Å². The van der Waals surface area contributed by atoms with Gasteiger partial charge in [0.25, 0.3) is 0 Å². The number of carbonyl (C=O) groups is 2. The zero-order chi connectivity index (χ0) is 12.6. The molecular formula is C11H21NO4. The van der Waals surface area contributed by atoms with E-state index in [1.807, 2.05) is 13.8 Å². The van der Waals surface area contributed by atoms with Gasteiger partial charge < -0.3 is 14.4 Å². The minimum atomic E-state index is -0.307. The van der Waals surface area contributed by atoms with Gasteiger partial charge in [-0.1, -0.05) is 13.8 Å². The first-order chi connectivity index (χ1) is 7.51. The number of methoxy groups -OCH3 is 2. The van der Waals surface area contributed by atoms with Crippen LogP contribution in [-0.4, -0.2) is 50.7 Å². The van der Waals surface area contributed by atoms with Gasteiger partial charge in [0.05, 0.1) is 13.5 Å². The molecule has 5 heteroatoms. The van der Waals surface area contributed by atoms with Crippen molar-refractivity contribution in [2.45, 2.75) is 20.3 Å². The van der Waals surface area contributed by atoms with Crippen molar-refractivity contribution < 1.29 is 19.1 Å². The highest BCUT2D eigenvalue weighted by Crippen LogP contribution is 2.01. The number of carbonyl (C=O) groups excluding carboxylic acids is 2. The summed E-state index contributed by atoms with van der Waals surface area (Å²) in [6, 6.07) is 0. The maximum Gasteiger partial charge on any atom is 0.307 e. The van der Waals surface area contributed by atoms with Crippen LogP contribution in [0.1, 0.15) is 20.3 Å². The van der Waals surface area contributed by atoms with Crippen molar-refractivity contribution in [3.05, 3.63) is 0 Å².